The Kier molecular flexibility index (Phi) is 4.89. The van der Waals surface area contributed by atoms with Gasteiger partial charge >= 0.3 is 6.03 Å². The van der Waals surface area contributed by atoms with Crippen molar-refractivity contribution < 1.29 is 14.1 Å². The molecule has 154 valence electrons. The van der Waals surface area contributed by atoms with Gasteiger partial charge in [-0.25, -0.2) is 19.1 Å². The van der Waals surface area contributed by atoms with Crippen molar-refractivity contribution in [1.82, 2.24) is 4.98 Å². The van der Waals surface area contributed by atoms with Gasteiger partial charge in [-0.05, 0) is 73.8 Å². The molecule has 1 aromatic heterocycles. The lowest BCUT2D eigenvalue weighted by molar-refractivity contribution is 0.0783. The minimum absolute atomic E-state index is 0.154. The smallest absolute Gasteiger partial charge is 0.354 e. The fraction of sp³-hybridized carbons (Fsp3) is 0.400. The number of hydrogen-bond donors (Lipinski definition) is 3. The molecule has 0 fully saturated rings. The minimum Gasteiger partial charge on any atom is -0.383 e. The Morgan fingerprint density at radius 3 is 2.79 bits per heavy atom. The molecule has 1 aromatic carbocycles. The zero-order chi connectivity index (χ0) is 21.0. The first-order chi connectivity index (χ1) is 13.6. The Morgan fingerprint density at radius 1 is 1.34 bits per heavy atom. The van der Waals surface area contributed by atoms with E-state index in [1.165, 1.54) is 11.8 Å². The van der Waals surface area contributed by atoms with Gasteiger partial charge in [0, 0.05) is 5.69 Å². The first kappa shape index (κ1) is 20.2. The topological polar surface area (TPSA) is 118 Å². The Labute approximate surface area is 174 Å². The van der Waals surface area contributed by atoms with E-state index in [2.05, 4.69) is 27.3 Å². The number of benzene rings is 1. The number of aromatic nitrogens is 1. The molecule has 7 nitrogen and oxygen atoms in total. The maximum atomic E-state index is 12.9. The number of urea groups is 1. The van der Waals surface area contributed by atoms with Gasteiger partial charge in [-0.15, -0.1) is 15.7 Å². The summed E-state index contributed by atoms with van der Waals surface area (Å²) in [6, 6.07) is 1.46. The van der Waals surface area contributed by atoms with E-state index in [4.69, 9.17) is 5.14 Å². The van der Waals surface area contributed by atoms with Gasteiger partial charge in [0.25, 0.3) is 0 Å². The van der Waals surface area contributed by atoms with Gasteiger partial charge in [-0.2, -0.15) is 0 Å². The third-order valence-corrected chi connectivity index (χ3v) is 8.50. The molecule has 4 rings (SSSR count). The normalized spacial score (nSPS) is 17.6. The van der Waals surface area contributed by atoms with Gasteiger partial charge in [0.05, 0.1) is 6.20 Å². The number of thiazole rings is 1. The molecule has 0 spiro atoms. The van der Waals surface area contributed by atoms with Crippen molar-refractivity contribution in [3.63, 3.8) is 0 Å². The number of amides is 2. The van der Waals surface area contributed by atoms with Crippen LogP contribution in [0.2, 0.25) is 0 Å². The monoisotopic (exact) mass is 432 g/mol. The maximum absolute atomic E-state index is 12.9. The van der Waals surface area contributed by atoms with Crippen molar-refractivity contribution in [3.05, 3.63) is 46.1 Å². The Bertz CT molecular complexity index is 1150. The molecule has 9 heteroatoms. The lowest BCUT2D eigenvalue weighted by Crippen LogP contribution is -2.18. The van der Waals surface area contributed by atoms with E-state index >= 15 is 0 Å². The molecule has 0 saturated carbocycles. The molecule has 29 heavy (non-hydrogen) atoms. The van der Waals surface area contributed by atoms with Crippen molar-refractivity contribution in [2.45, 2.75) is 55.8 Å². The van der Waals surface area contributed by atoms with Crippen molar-refractivity contribution in [2.24, 2.45) is 9.50 Å². The van der Waals surface area contributed by atoms with Crippen LogP contribution in [0.3, 0.4) is 0 Å². The summed E-state index contributed by atoms with van der Waals surface area (Å²) < 4.78 is 16.8. The summed E-state index contributed by atoms with van der Waals surface area (Å²) in [7, 11) is -3.47. The van der Waals surface area contributed by atoms with Crippen molar-refractivity contribution in [3.8, 4) is 0 Å². The fourth-order valence-electron chi connectivity index (χ4n) is 3.90. The van der Waals surface area contributed by atoms with Crippen molar-refractivity contribution in [1.29, 1.82) is 0 Å². The van der Waals surface area contributed by atoms with Crippen LogP contribution in [0.1, 0.15) is 54.0 Å². The summed E-state index contributed by atoms with van der Waals surface area (Å²) in [6.07, 6.45) is 5.90. The average molecular weight is 433 g/mol. The second kappa shape index (κ2) is 7.02. The molecule has 2 amide bonds. The number of carbonyl (C=O) groups excluding carboxylic acids is 1. The fourth-order valence-corrected chi connectivity index (χ4v) is 5.96. The first-order valence-electron chi connectivity index (χ1n) is 9.46. The number of rotatable bonds is 3. The van der Waals surface area contributed by atoms with Gasteiger partial charge in [0.2, 0.25) is 0 Å². The van der Waals surface area contributed by atoms with Crippen molar-refractivity contribution in [2.75, 3.05) is 5.32 Å². The molecule has 1 atom stereocenters. The van der Waals surface area contributed by atoms with Crippen LogP contribution in [0, 0.1) is 0 Å². The van der Waals surface area contributed by atoms with Crippen LogP contribution in [0.4, 0.5) is 10.5 Å². The summed E-state index contributed by atoms with van der Waals surface area (Å²) in [4.78, 5) is 16.7. The lowest BCUT2D eigenvalue weighted by atomic mass is 9.98. The molecule has 2 aliphatic carbocycles. The molecular weight excluding hydrogens is 408 g/mol. The Balaban J connectivity index is 1.67. The second-order valence-corrected chi connectivity index (χ2v) is 11.1. The van der Waals surface area contributed by atoms with E-state index in [0.717, 1.165) is 71.4 Å². The summed E-state index contributed by atoms with van der Waals surface area (Å²) in [5.41, 5.74) is 5.21. The lowest BCUT2D eigenvalue weighted by Gasteiger charge is -2.15. The predicted octanol–water partition coefficient (Wildman–Crippen LogP) is 3.75. The molecule has 1 heterocycles. The molecule has 2 aromatic rings. The summed E-state index contributed by atoms with van der Waals surface area (Å²) >= 11 is 0.989. The standard InChI is InChI=1S/C20H24N4O3S2/c1-11-7-8-14-15(11)9-12-5-4-6-13(12)17(14)23-19(25)24-29(21,27)16-10-22-18(28-16)20(2,3)26/h9-10,26H,1,4-8H2,2-3H3,(H3,21,23,24,25,27). The molecule has 2 aliphatic rings. The molecule has 4 N–H and O–H groups in total. The number of allylic oxidation sites excluding steroid dienone is 1. The highest BCUT2D eigenvalue weighted by Crippen LogP contribution is 2.42. The second-order valence-electron chi connectivity index (χ2n) is 8.01. The van der Waals surface area contributed by atoms with E-state index in [-0.39, 0.29) is 4.21 Å². The molecule has 0 radical (unpaired) electrons. The van der Waals surface area contributed by atoms with Gasteiger partial charge < -0.3 is 10.4 Å². The van der Waals surface area contributed by atoms with Gasteiger partial charge in [-0.3, -0.25) is 0 Å². The third kappa shape index (κ3) is 3.75. The zero-order valence-corrected chi connectivity index (χ0v) is 18.1. The van der Waals surface area contributed by atoms with Crippen LogP contribution in [-0.2, 0) is 34.8 Å². The summed E-state index contributed by atoms with van der Waals surface area (Å²) in [6.45, 7) is 7.28. The largest absolute Gasteiger partial charge is 0.383 e. The Hall–Kier alpha value is -2.07. The molecular formula is C20H24N4O3S2. The highest BCUT2D eigenvalue weighted by Gasteiger charge is 2.27. The number of carbonyl (C=O) groups is 1. The highest BCUT2D eigenvalue weighted by molar-refractivity contribution is 7.93. The number of aryl methyl sites for hydroxylation is 1. The van der Waals surface area contributed by atoms with Crippen molar-refractivity contribution >= 4 is 38.5 Å². The number of nitrogens with two attached hydrogens (primary N) is 1. The highest BCUT2D eigenvalue weighted by atomic mass is 32.2. The van der Waals surface area contributed by atoms with Crippen LogP contribution in [0.15, 0.2) is 27.4 Å². The number of nitrogens with zero attached hydrogens (tertiary/aromatic N) is 2. The number of fused-ring (bicyclic) bond motifs is 2. The number of nitrogens with one attached hydrogen (secondary N) is 1. The van der Waals surface area contributed by atoms with E-state index < -0.39 is 21.5 Å². The molecule has 0 aliphatic heterocycles. The summed E-state index contributed by atoms with van der Waals surface area (Å²) in [5, 5.41) is 19.1. The van der Waals surface area contributed by atoms with Crippen LogP contribution in [0.25, 0.3) is 5.57 Å². The van der Waals surface area contributed by atoms with Gasteiger partial charge in [0.1, 0.15) is 14.8 Å². The maximum Gasteiger partial charge on any atom is 0.354 e. The van der Waals surface area contributed by atoms with E-state index in [0.29, 0.717) is 5.01 Å². The van der Waals surface area contributed by atoms with Crippen LogP contribution in [-0.4, -0.2) is 20.3 Å². The van der Waals surface area contributed by atoms with E-state index in [9.17, 15) is 14.1 Å². The molecule has 0 bridgehead atoms. The van der Waals surface area contributed by atoms with Crippen LogP contribution in [0.5, 0.6) is 0 Å². The minimum atomic E-state index is -3.47. The van der Waals surface area contributed by atoms with Crippen LogP contribution >= 0.6 is 11.3 Å². The average Bonchev–Trinajstić information content (AvgIpc) is 3.33. The molecule has 1 unspecified atom stereocenters. The first-order valence-corrected chi connectivity index (χ1v) is 11.9. The van der Waals surface area contributed by atoms with Gasteiger partial charge in [0.15, 0.2) is 9.92 Å². The third-order valence-electron chi connectivity index (χ3n) is 5.31. The number of aliphatic hydroxyl groups is 1. The van der Waals surface area contributed by atoms with Crippen LogP contribution < -0.4 is 10.5 Å². The summed E-state index contributed by atoms with van der Waals surface area (Å²) in [5.74, 6) is 0. The quantitative estimate of drug-likeness (QED) is 0.684. The van der Waals surface area contributed by atoms with E-state index in [1.54, 1.807) is 13.8 Å². The number of hydrogen-bond acceptors (Lipinski definition) is 5. The zero-order valence-electron chi connectivity index (χ0n) is 16.4. The van der Waals surface area contributed by atoms with Gasteiger partial charge in [-0.1, -0.05) is 12.6 Å². The number of anilines is 1. The predicted molar refractivity (Wildman–Crippen MR) is 115 cm³/mol. The molecule has 0 saturated heterocycles. The SMILES string of the molecule is C=C1CCc2c1cc1c(c2NC(=O)N=S(N)(=O)c2cnc(C(C)(C)O)s2)CCC1. The van der Waals surface area contributed by atoms with E-state index in [1.807, 2.05) is 0 Å². The Morgan fingerprint density at radius 2 is 2.10 bits per heavy atom.